The number of anilines is 1. The van der Waals surface area contributed by atoms with Gasteiger partial charge in [0.25, 0.3) is 0 Å². The van der Waals surface area contributed by atoms with Crippen molar-refractivity contribution in [3.63, 3.8) is 0 Å². The van der Waals surface area contributed by atoms with Crippen molar-refractivity contribution < 1.29 is 13.2 Å². The van der Waals surface area contributed by atoms with Crippen LogP contribution in [-0.2, 0) is 14.6 Å². The number of nitrogens with one attached hydrogen (secondary N) is 1. The highest BCUT2D eigenvalue weighted by Gasteiger charge is 2.17. The maximum atomic E-state index is 12.2. The van der Waals surface area contributed by atoms with Gasteiger partial charge in [0.2, 0.25) is 11.9 Å². The molecule has 0 spiro atoms. The summed E-state index contributed by atoms with van der Waals surface area (Å²) in [6.45, 7) is 0.124. The van der Waals surface area contributed by atoms with E-state index in [1.807, 2.05) is 0 Å². The molecule has 0 unspecified atom stereocenters. The third-order valence-corrected chi connectivity index (χ3v) is 4.90. The van der Waals surface area contributed by atoms with Gasteiger partial charge in [0.05, 0.1) is 17.2 Å². The van der Waals surface area contributed by atoms with Crippen molar-refractivity contribution in [3.8, 4) is 0 Å². The summed E-state index contributed by atoms with van der Waals surface area (Å²) >= 11 is 0. The first-order chi connectivity index (χ1) is 11.0. The van der Waals surface area contributed by atoms with Crippen molar-refractivity contribution in [1.82, 2.24) is 14.9 Å². The molecule has 0 bridgehead atoms. The number of nitrogens with zero attached hydrogens (tertiary/aromatic N) is 3. The zero-order valence-corrected chi connectivity index (χ0v) is 13.5. The Kier molecular flexibility index (Phi) is 5.64. The molecule has 0 aliphatic rings. The number of sulfone groups is 1. The van der Waals surface area contributed by atoms with Crippen LogP contribution in [0.5, 0.6) is 0 Å². The second-order valence-electron chi connectivity index (χ2n) is 4.87. The average Bonchev–Trinajstić information content (AvgIpc) is 2.59. The standard InChI is InChI=1S/C15H18N4O3S/c1-19(14(20)12-18-15-16-8-5-9-17-15)10-11-23(21,22)13-6-3-2-4-7-13/h2-9H,10-12H2,1H3,(H,16,17,18). The molecule has 1 heterocycles. The number of likely N-dealkylation sites (N-methyl/N-ethyl adjacent to an activating group) is 1. The summed E-state index contributed by atoms with van der Waals surface area (Å²) in [7, 11) is -1.83. The minimum atomic E-state index is -3.39. The fourth-order valence-electron chi connectivity index (χ4n) is 1.81. The van der Waals surface area contributed by atoms with E-state index in [9.17, 15) is 13.2 Å². The number of carbonyl (C=O) groups is 1. The molecular formula is C15H18N4O3S. The molecule has 122 valence electrons. The second-order valence-corrected chi connectivity index (χ2v) is 6.98. The number of hydrogen-bond acceptors (Lipinski definition) is 6. The highest BCUT2D eigenvalue weighted by atomic mass is 32.2. The highest BCUT2D eigenvalue weighted by molar-refractivity contribution is 7.91. The summed E-state index contributed by atoms with van der Waals surface area (Å²) in [4.78, 5) is 21.5. The number of benzene rings is 1. The van der Waals surface area contributed by atoms with Gasteiger partial charge in [-0.2, -0.15) is 0 Å². The molecule has 0 saturated heterocycles. The SMILES string of the molecule is CN(CCS(=O)(=O)c1ccccc1)C(=O)CNc1ncccn1. The zero-order chi connectivity index (χ0) is 16.7. The average molecular weight is 334 g/mol. The Labute approximate surface area is 135 Å². The van der Waals surface area contributed by atoms with Gasteiger partial charge < -0.3 is 10.2 Å². The van der Waals surface area contributed by atoms with Crippen LogP contribution in [0.15, 0.2) is 53.7 Å². The fourth-order valence-corrected chi connectivity index (χ4v) is 3.13. The molecule has 2 aromatic rings. The molecule has 0 saturated carbocycles. The molecule has 0 atom stereocenters. The molecular weight excluding hydrogens is 316 g/mol. The van der Waals surface area contributed by atoms with Crippen molar-refractivity contribution in [2.45, 2.75) is 4.90 Å². The third-order valence-electron chi connectivity index (χ3n) is 3.19. The first-order valence-electron chi connectivity index (χ1n) is 7.02. The summed E-state index contributed by atoms with van der Waals surface area (Å²) in [5, 5.41) is 2.79. The Morgan fingerprint density at radius 2 is 1.78 bits per heavy atom. The van der Waals surface area contributed by atoms with E-state index < -0.39 is 9.84 Å². The molecule has 23 heavy (non-hydrogen) atoms. The number of carbonyl (C=O) groups excluding carboxylic acids is 1. The van der Waals surface area contributed by atoms with Gasteiger partial charge in [-0.05, 0) is 18.2 Å². The van der Waals surface area contributed by atoms with Crippen LogP contribution in [0.3, 0.4) is 0 Å². The molecule has 0 aliphatic heterocycles. The van der Waals surface area contributed by atoms with E-state index in [2.05, 4.69) is 15.3 Å². The minimum Gasteiger partial charge on any atom is -0.345 e. The predicted octanol–water partition coefficient (Wildman–Crippen LogP) is 0.821. The van der Waals surface area contributed by atoms with Crippen LogP contribution in [0, 0.1) is 0 Å². The number of aromatic nitrogens is 2. The monoisotopic (exact) mass is 334 g/mol. The van der Waals surface area contributed by atoms with Crippen molar-refractivity contribution in [1.29, 1.82) is 0 Å². The molecule has 1 amide bonds. The van der Waals surface area contributed by atoms with Gasteiger partial charge in [-0.1, -0.05) is 18.2 Å². The lowest BCUT2D eigenvalue weighted by molar-refractivity contribution is -0.127. The van der Waals surface area contributed by atoms with Crippen LogP contribution in [0.2, 0.25) is 0 Å². The summed E-state index contributed by atoms with van der Waals surface area (Å²) in [5.41, 5.74) is 0. The largest absolute Gasteiger partial charge is 0.345 e. The van der Waals surface area contributed by atoms with E-state index in [4.69, 9.17) is 0 Å². The third kappa shape index (κ3) is 5.03. The predicted molar refractivity (Wildman–Crippen MR) is 86.7 cm³/mol. The van der Waals surface area contributed by atoms with Crippen molar-refractivity contribution in [3.05, 3.63) is 48.8 Å². The Bertz CT molecular complexity index is 736. The number of hydrogen-bond donors (Lipinski definition) is 1. The second kappa shape index (κ2) is 7.68. The smallest absolute Gasteiger partial charge is 0.241 e. The summed E-state index contributed by atoms with van der Waals surface area (Å²) in [5.74, 6) is -0.00644. The maximum Gasteiger partial charge on any atom is 0.241 e. The van der Waals surface area contributed by atoms with E-state index in [-0.39, 0.29) is 29.6 Å². The molecule has 7 nitrogen and oxygen atoms in total. The Balaban J connectivity index is 1.84. The van der Waals surface area contributed by atoms with Crippen LogP contribution in [0.1, 0.15) is 0 Å². The van der Waals surface area contributed by atoms with Gasteiger partial charge in [0, 0.05) is 26.0 Å². The molecule has 0 radical (unpaired) electrons. The van der Waals surface area contributed by atoms with Gasteiger partial charge in [0.15, 0.2) is 9.84 Å². The Morgan fingerprint density at radius 3 is 2.43 bits per heavy atom. The van der Waals surface area contributed by atoms with Gasteiger partial charge >= 0.3 is 0 Å². The van der Waals surface area contributed by atoms with Crippen LogP contribution >= 0.6 is 0 Å². The van der Waals surface area contributed by atoms with Crippen LogP contribution < -0.4 is 5.32 Å². The normalized spacial score (nSPS) is 11.0. The quantitative estimate of drug-likeness (QED) is 0.806. The van der Waals surface area contributed by atoms with E-state index in [0.29, 0.717) is 5.95 Å². The lowest BCUT2D eigenvalue weighted by atomic mass is 10.4. The summed E-state index contributed by atoms with van der Waals surface area (Å²) < 4.78 is 24.3. The molecule has 1 aromatic carbocycles. The first kappa shape index (κ1) is 16.9. The maximum absolute atomic E-state index is 12.2. The van der Waals surface area contributed by atoms with Gasteiger partial charge in [-0.15, -0.1) is 0 Å². The summed E-state index contributed by atoms with van der Waals surface area (Å²) in [6, 6.07) is 9.87. The van der Waals surface area contributed by atoms with E-state index in [0.717, 1.165) is 0 Å². The molecule has 0 aliphatic carbocycles. The molecule has 8 heteroatoms. The first-order valence-corrected chi connectivity index (χ1v) is 8.67. The molecule has 1 N–H and O–H groups in total. The lowest BCUT2D eigenvalue weighted by Gasteiger charge is -2.17. The lowest BCUT2D eigenvalue weighted by Crippen LogP contribution is -2.35. The van der Waals surface area contributed by atoms with Crippen molar-refractivity contribution in [2.75, 3.05) is 31.2 Å². The van der Waals surface area contributed by atoms with Crippen LogP contribution in [-0.4, -0.2) is 55.1 Å². The van der Waals surface area contributed by atoms with Crippen LogP contribution in [0.4, 0.5) is 5.95 Å². The topological polar surface area (TPSA) is 92.3 Å². The van der Waals surface area contributed by atoms with Crippen LogP contribution in [0.25, 0.3) is 0 Å². The van der Waals surface area contributed by atoms with Crippen molar-refractivity contribution >= 4 is 21.7 Å². The van der Waals surface area contributed by atoms with Gasteiger partial charge in [-0.25, -0.2) is 18.4 Å². The fraction of sp³-hybridized carbons (Fsp3) is 0.267. The Morgan fingerprint density at radius 1 is 1.13 bits per heavy atom. The minimum absolute atomic E-state index is 0.00585. The van der Waals surface area contributed by atoms with E-state index >= 15 is 0 Å². The molecule has 1 aromatic heterocycles. The highest BCUT2D eigenvalue weighted by Crippen LogP contribution is 2.10. The van der Waals surface area contributed by atoms with E-state index in [1.165, 1.54) is 4.90 Å². The molecule has 0 fully saturated rings. The Hall–Kier alpha value is -2.48. The van der Waals surface area contributed by atoms with Gasteiger partial charge in [-0.3, -0.25) is 4.79 Å². The van der Waals surface area contributed by atoms with E-state index in [1.54, 1.807) is 55.8 Å². The zero-order valence-electron chi connectivity index (χ0n) is 12.7. The molecule has 2 rings (SSSR count). The number of amides is 1. The van der Waals surface area contributed by atoms with Gasteiger partial charge in [0.1, 0.15) is 0 Å². The number of rotatable bonds is 7. The summed E-state index contributed by atoms with van der Waals surface area (Å²) in [6.07, 6.45) is 3.13. The van der Waals surface area contributed by atoms with Crippen molar-refractivity contribution in [2.24, 2.45) is 0 Å².